The van der Waals surface area contributed by atoms with Crippen LogP contribution in [0.1, 0.15) is 20.3 Å². The Morgan fingerprint density at radius 1 is 1.05 bits per heavy atom. The Balaban J connectivity index is 5.01. The molecule has 0 fully saturated rings. The highest BCUT2D eigenvalue weighted by Gasteiger charge is 2.27. The lowest BCUT2D eigenvalue weighted by atomic mass is 10.3. The molecule has 0 rings (SSSR count). The minimum Gasteiger partial charge on any atom is -0.466 e. The molecule has 8 nitrogen and oxygen atoms in total. The van der Waals surface area contributed by atoms with Gasteiger partial charge in [-0.3, -0.25) is 13.8 Å². The zero-order valence-corrected chi connectivity index (χ0v) is 12.8. The molecule has 0 aromatic rings. The first-order valence-corrected chi connectivity index (χ1v) is 7.30. The van der Waals surface area contributed by atoms with Crippen molar-refractivity contribution >= 4 is 19.8 Å². The van der Waals surface area contributed by atoms with Crippen LogP contribution in [0.5, 0.6) is 0 Å². The topological polar surface area (TPSA) is 97.4 Å². The number of carbonyl (C=O) groups is 2. The predicted octanol–water partition coefficient (Wildman–Crippen LogP) is 1.80. The number of rotatable bonds is 9. The molecule has 0 bridgehead atoms. The molecule has 116 valence electrons. The molecule has 0 unspecified atom stereocenters. The van der Waals surface area contributed by atoms with Gasteiger partial charge in [0.15, 0.2) is 0 Å². The Morgan fingerprint density at radius 3 is 2.05 bits per heavy atom. The second-order valence-corrected chi connectivity index (χ2v) is 5.06. The van der Waals surface area contributed by atoms with E-state index in [0.717, 1.165) is 20.3 Å². The highest BCUT2D eigenvalue weighted by atomic mass is 31.2. The van der Waals surface area contributed by atoms with Crippen molar-refractivity contribution in [3.63, 3.8) is 0 Å². The van der Waals surface area contributed by atoms with Gasteiger partial charge in [-0.25, -0.2) is 9.36 Å². The van der Waals surface area contributed by atoms with Gasteiger partial charge in [0.05, 0.1) is 19.3 Å². The number of phosphoric acid groups is 1. The maximum atomic E-state index is 11.8. The molecule has 0 radical (unpaired) electrons. The fraction of sp³-hybridized carbons (Fsp3) is 0.636. The van der Waals surface area contributed by atoms with E-state index in [1.54, 1.807) is 13.8 Å². The van der Waals surface area contributed by atoms with Crippen LogP contribution < -0.4 is 0 Å². The van der Waals surface area contributed by atoms with Crippen LogP contribution >= 0.6 is 7.82 Å². The summed E-state index contributed by atoms with van der Waals surface area (Å²) in [6.07, 6.45) is 0.495. The minimum atomic E-state index is -3.87. The third-order valence-corrected chi connectivity index (χ3v) is 3.22. The van der Waals surface area contributed by atoms with Crippen LogP contribution in [-0.4, -0.2) is 39.4 Å². The van der Waals surface area contributed by atoms with Gasteiger partial charge in [-0.2, -0.15) is 0 Å². The Labute approximate surface area is 117 Å². The van der Waals surface area contributed by atoms with Gasteiger partial charge in [0.25, 0.3) is 0 Å². The zero-order chi connectivity index (χ0) is 15.6. The number of hydrogen-bond acceptors (Lipinski definition) is 8. The molecule has 0 atom stereocenters. The van der Waals surface area contributed by atoms with Crippen LogP contribution in [0, 0.1) is 0 Å². The zero-order valence-electron chi connectivity index (χ0n) is 11.9. The Kier molecular flexibility index (Phi) is 8.87. The molecule has 20 heavy (non-hydrogen) atoms. The molecular formula is C11H19O8P. The molecule has 0 amide bonds. The molecule has 9 heteroatoms. The first kappa shape index (κ1) is 18.6. The van der Waals surface area contributed by atoms with Crippen LogP contribution in [0.2, 0.25) is 0 Å². The Hall–Kier alpha value is -1.37. The van der Waals surface area contributed by atoms with Crippen molar-refractivity contribution in [3.8, 4) is 0 Å². The fourth-order valence-electron chi connectivity index (χ4n) is 1.07. The summed E-state index contributed by atoms with van der Waals surface area (Å²) in [5, 5.41) is 0. The molecule has 0 aromatic heterocycles. The highest BCUT2D eigenvalue weighted by Crippen LogP contribution is 2.50. The lowest BCUT2D eigenvalue weighted by Crippen LogP contribution is -2.09. The molecular weight excluding hydrogens is 291 g/mol. The second kappa shape index (κ2) is 9.52. The number of hydrogen-bond donors (Lipinski definition) is 0. The predicted molar refractivity (Wildman–Crippen MR) is 68.7 cm³/mol. The SMILES string of the molecule is CCOC(=O)/C=C(/CC(=O)OCC)OP(=O)(OC)OC. The van der Waals surface area contributed by atoms with Crippen LogP contribution in [0.4, 0.5) is 0 Å². The van der Waals surface area contributed by atoms with Crippen molar-refractivity contribution in [1.29, 1.82) is 0 Å². The molecule has 0 N–H and O–H groups in total. The lowest BCUT2D eigenvalue weighted by Gasteiger charge is -2.16. The fourth-order valence-corrected chi connectivity index (χ4v) is 1.77. The van der Waals surface area contributed by atoms with Crippen molar-refractivity contribution in [1.82, 2.24) is 0 Å². The molecule has 0 spiro atoms. The van der Waals surface area contributed by atoms with E-state index in [9.17, 15) is 14.2 Å². The number of esters is 2. The largest absolute Gasteiger partial charge is 0.529 e. The minimum absolute atomic E-state index is 0.147. The van der Waals surface area contributed by atoms with Gasteiger partial charge in [-0.15, -0.1) is 0 Å². The van der Waals surface area contributed by atoms with E-state index in [4.69, 9.17) is 9.26 Å². The quantitative estimate of drug-likeness (QED) is 0.275. The van der Waals surface area contributed by atoms with Gasteiger partial charge in [0, 0.05) is 14.2 Å². The number of carbonyl (C=O) groups excluding carboxylic acids is 2. The van der Waals surface area contributed by atoms with Crippen LogP contribution in [0.15, 0.2) is 11.8 Å². The Morgan fingerprint density at radius 2 is 1.60 bits per heavy atom. The van der Waals surface area contributed by atoms with E-state index in [1.165, 1.54) is 0 Å². The summed E-state index contributed by atoms with van der Waals surface area (Å²) < 4.78 is 35.3. The Bertz CT molecular complexity index is 395. The van der Waals surface area contributed by atoms with Gasteiger partial charge in [0.1, 0.15) is 12.2 Å². The van der Waals surface area contributed by atoms with E-state index < -0.39 is 26.2 Å². The smallest absolute Gasteiger partial charge is 0.466 e. The summed E-state index contributed by atoms with van der Waals surface area (Å²) in [5.74, 6) is -1.62. The molecule has 0 heterocycles. The number of phosphoric ester groups is 1. The molecule has 0 aromatic carbocycles. The summed E-state index contributed by atoms with van der Waals surface area (Å²) in [5.41, 5.74) is 0. The molecule has 0 aliphatic rings. The molecule has 0 aliphatic carbocycles. The van der Waals surface area contributed by atoms with E-state index >= 15 is 0 Å². The average Bonchev–Trinajstić information content (AvgIpc) is 2.38. The normalized spacial score (nSPS) is 11.9. The lowest BCUT2D eigenvalue weighted by molar-refractivity contribution is -0.142. The summed E-state index contributed by atoms with van der Waals surface area (Å²) in [6.45, 7) is 3.56. The van der Waals surface area contributed by atoms with Gasteiger partial charge in [-0.05, 0) is 13.8 Å². The monoisotopic (exact) mass is 310 g/mol. The van der Waals surface area contributed by atoms with Crippen molar-refractivity contribution in [2.24, 2.45) is 0 Å². The van der Waals surface area contributed by atoms with Crippen LogP contribution in [0.25, 0.3) is 0 Å². The third kappa shape index (κ3) is 7.28. The summed E-state index contributed by atoms with van der Waals surface area (Å²) in [6, 6.07) is 0. The highest BCUT2D eigenvalue weighted by molar-refractivity contribution is 7.48. The van der Waals surface area contributed by atoms with E-state index in [2.05, 4.69) is 13.8 Å². The first-order chi connectivity index (χ1) is 9.40. The van der Waals surface area contributed by atoms with E-state index in [-0.39, 0.29) is 19.0 Å². The van der Waals surface area contributed by atoms with Crippen molar-refractivity contribution in [3.05, 3.63) is 11.8 Å². The maximum Gasteiger partial charge on any atom is 0.529 e. The van der Waals surface area contributed by atoms with Crippen molar-refractivity contribution < 1.29 is 37.2 Å². The summed E-state index contributed by atoms with van der Waals surface area (Å²) in [7, 11) is -1.66. The molecule has 0 saturated carbocycles. The van der Waals surface area contributed by atoms with E-state index in [1.807, 2.05) is 0 Å². The summed E-state index contributed by atoms with van der Waals surface area (Å²) >= 11 is 0. The third-order valence-electron chi connectivity index (χ3n) is 1.87. The first-order valence-electron chi connectivity index (χ1n) is 5.84. The van der Waals surface area contributed by atoms with Crippen molar-refractivity contribution in [2.45, 2.75) is 20.3 Å². The van der Waals surface area contributed by atoms with Crippen molar-refractivity contribution in [2.75, 3.05) is 27.4 Å². The molecule has 0 saturated heterocycles. The van der Waals surface area contributed by atoms with Gasteiger partial charge in [-0.1, -0.05) is 0 Å². The average molecular weight is 310 g/mol. The second-order valence-electron chi connectivity index (χ2n) is 3.25. The molecule has 0 aliphatic heterocycles. The summed E-state index contributed by atoms with van der Waals surface area (Å²) in [4.78, 5) is 22.7. The number of ether oxygens (including phenoxy) is 2. The van der Waals surface area contributed by atoms with Crippen LogP contribution in [0.3, 0.4) is 0 Å². The maximum absolute atomic E-state index is 11.8. The van der Waals surface area contributed by atoms with Gasteiger partial charge < -0.3 is 14.0 Å². The van der Waals surface area contributed by atoms with Crippen LogP contribution in [-0.2, 0) is 37.2 Å². The van der Waals surface area contributed by atoms with Gasteiger partial charge >= 0.3 is 19.8 Å². The standard InChI is InChI=1S/C11H19O8P/c1-5-17-10(12)7-9(8-11(13)18-6-2)19-20(14,15-3)16-4/h7H,5-6,8H2,1-4H3/b9-7-. The van der Waals surface area contributed by atoms with Gasteiger partial charge in [0.2, 0.25) is 0 Å². The van der Waals surface area contributed by atoms with E-state index in [0.29, 0.717) is 0 Å².